The molecule has 1 fully saturated rings. The van der Waals surface area contributed by atoms with Gasteiger partial charge in [-0.2, -0.15) is 0 Å². The molecule has 3 aromatic rings. The van der Waals surface area contributed by atoms with Crippen LogP contribution in [0.25, 0.3) is 16.8 Å². The van der Waals surface area contributed by atoms with Gasteiger partial charge in [-0.05, 0) is 28.0 Å². The van der Waals surface area contributed by atoms with Crippen LogP contribution in [-0.4, -0.2) is 16.8 Å². The molecule has 0 bridgehead atoms. The standard InChI is InChI=1S/C21H16N2O2/c24-20-19(13-17-11-6-10-16-9-4-5-12-18(16)17)22-21(25)23(20)14-15-7-2-1-3-8-15/h1-13H,14H2,(H,22,25). The van der Waals surface area contributed by atoms with Gasteiger partial charge in [-0.15, -0.1) is 0 Å². The van der Waals surface area contributed by atoms with Gasteiger partial charge in [0.2, 0.25) is 0 Å². The number of fused-ring (bicyclic) bond motifs is 1. The number of urea groups is 1. The largest absolute Gasteiger partial charge is 0.329 e. The van der Waals surface area contributed by atoms with Crippen molar-refractivity contribution >= 4 is 28.8 Å². The fourth-order valence-electron chi connectivity index (χ4n) is 3.01. The van der Waals surface area contributed by atoms with E-state index in [4.69, 9.17) is 0 Å². The van der Waals surface area contributed by atoms with E-state index in [1.165, 1.54) is 4.90 Å². The Morgan fingerprint density at radius 3 is 2.40 bits per heavy atom. The van der Waals surface area contributed by atoms with Gasteiger partial charge in [0, 0.05) is 0 Å². The van der Waals surface area contributed by atoms with Gasteiger partial charge < -0.3 is 5.32 Å². The minimum Gasteiger partial charge on any atom is -0.303 e. The SMILES string of the molecule is O=C1NC(=Cc2cccc3ccccc23)C(=O)N1Cc1ccccc1. The predicted molar refractivity (Wildman–Crippen MR) is 97.4 cm³/mol. The summed E-state index contributed by atoms with van der Waals surface area (Å²) in [6, 6.07) is 23.0. The summed E-state index contributed by atoms with van der Waals surface area (Å²) in [7, 11) is 0. The van der Waals surface area contributed by atoms with E-state index in [-0.39, 0.29) is 18.5 Å². The van der Waals surface area contributed by atoms with Crippen molar-refractivity contribution in [3.63, 3.8) is 0 Å². The first-order chi connectivity index (χ1) is 12.2. The van der Waals surface area contributed by atoms with Crippen LogP contribution in [0.1, 0.15) is 11.1 Å². The van der Waals surface area contributed by atoms with Crippen molar-refractivity contribution in [3.8, 4) is 0 Å². The van der Waals surface area contributed by atoms with Crippen molar-refractivity contribution < 1.29 is 9.59 Å². The normalized spacial score (nSPS) is 15.8. The van der Waals surface area contributed by atoms with Crippen molar-refractivity contribution in [3.05, 3.63) is 89.6 Å². The number of carbonyl (C=O) groups is 2. The van der Waals surface area contributed by atoms with Crippen molar-refractivity contribution in [1.29, 1.82) is 0 Å². The molecule has 0 spiro atoms. The van der Waals surface area contributed by atoms with Crippen molar-refractivity contribution in [2.45, 2.75) is 6.54 Å². The van der Waals surface area contributed by atoms with Crippen molar-refractivity contribution in [2.75, 3.05) is 0 Å². The first-order valence-electron chi connectivity index (χ1n) is 8.08. The predicted octanol–water partition coefficient (Wildman–Crippen LogP) is 3.93. The second-order valence-corrected chi connectivity index (χ2v) is 5.93. The summed E-state index contributed by atoms with van der Waals surface area (Å²) in [6.45, 7) is 0.262. The Bertz CT molecular complexity index is 988. The summed E-state index contributed by atoms with van der Waals surface area (Å²) in [6.07, 6.45) is 1.74. The molecule has 1 heterocycles. The number of rotatable bonds is 3. The third kappa shape index (κ3) is 2.90. The number of nitrogens with zero attached hydrogens (tertiary/aromatic N) is 1. The molecular weight excluding hydrogens is 312 g/mol. The van der Waals surface area contributed by atoms with E-state index in [0.29, 0.717) is 5.70 Å². The van der Waals surface area contributed by atoms with E-state index in [2.05, 4.69) is 5.32 Å². The molecule has 25 heavy (non-hydrogen) atoms. The molecule has 4 nitrogen and oxygen atoms in total. The number of amides is 3. The Kier molecular flexibility index (Phi) is 3.78. The Hall–Kier alpha value is -3.40. The maximum Gasteiger partial charge on any atom is 0.329 e. The van der Waals surface area contributed by atoms with Gasteiger partial charge in [-0.3, -0.25) is 9.69 Å². The van der Waals surface area contributed by atoms with Gasteiger partial charge in [-0.25, -0.2) is 4.79 Å². The number of hydrogen-bond donors (Lipinski definition) is 1. The van der Waals surface area contributed by atoms with E-state index >= 15 is 0 Å². The van der Waals surface area contributed by atoms with E-state index in [0.717, 1.165) is 21.9 Å². The molecule has 1 aliphatic heterocycles. The van der Waals surface area contributed by atoms with Gasteiger partial charge >= 0.3 is 6.03 Å². The smallest absolute Gasteiger partial charge is 0.303 e. The topological polar surface area (TPSA) is 49.4 Å². The lowest BCUT2D eigenvalue weighted by molar-refractivity contribution is -0.123. The molecule has 0 saturated carbocycles. The molecule has 0 unspecified atom stereocenters. The molecule has 0 aliphatic carbocycles. The van der Waals surface area contributed by atoms with Gasteiger partial charge in [0.15, 0.2) is 0 Å². The van der Waals surface area contributed by atoms with Crippen LogP contribution in [-0.2, 0) is 11.3 Å². The average molecular weight is 328 g/mol. The Labute approximate surface area is 145 Å². The van der Waals surface area contributed by atoms with Gasteiger partial charge in [0.25, 0.3) is 5.91 Å². The lowest BCUT2D eigenvalue weighted by Gasteiger charge is -2.11. The third-order valence-electron chi connectivity index (χ3n) is 4.27. The second-order valence-electron chi connectivity index (χ2n) is 5.93. The summed E-state index contributed by atoms with van der Waals surface area (Å²) in [5, 5.41) is 4.82. The molecule has 3 aromatic carbocycles. The van der Waals surface area contributed by atoms with Crippen molar-refractivity contribution in [1.82, 2.24) is 10.2 Å². The fourth-order valence-corrected chi connectivity index (χ4v) is 3.01. The minimum absolute atomic E-state index is 0.262. The molecule has 1 N–H and O–H groups in total. The highest BCUT2D eigenvalue weighted by Gasteiger charge is 2.33. The highest BCUT2D eigenvalue weighted by atomic mass is 16.2. The molecule has 0 atom stereocenters. The molecule has 4 heteroatoms. The number of benzene rings is 3. The van der Waals surface area contributed by atoms with Crippen molar-refractivity contribution in [2.24, 2.45) is 0 Å². The highest BCUT2D eigenvalue weighted by Crippen LogP contribution is 2.23. The number of imide groups is 1. The number of nitrogens with one attached hydrogen (secondary N) is 1. The maximum absolute atomic E-state index is 12.6. The van der Waals surface area contributed by atoms with E-state index < -0.39 is 0 Å². The number of carbonyl (C=O) groups excluding carboxylic acids is 2. The van der Waals surface area contributed by atoms with Crippen LogP contribution in [0.5, 0.6) is 0 Å². The number of hydrogen-bond acceptors (Lipinski definition) is 2. The van der Waals surface area contributed by atoms with Gasteiger partial charge in [0.1, 0.15) is 5.70 Å². The average Bonchev–Trinajstić information content (AvgIpc) is 2.90. The maximum atomic E-state index is 12.6. The highest BCUT2D eigenvalue weighted by molar-refractivity contribution is 6.14. The van der Waals surface area contributed by atoms with Crippen LogP contribution in [0.2, 0.25) is 0 Å². The third-order valence-corrected chi connectivity index (χ3v) is 4.27. The fraction of sp³-hybridized carbons (Fsp3) is 0.0476. The van der Waals surface area contributed by atoms with Crippen LogP contribution >= 0.6 is 0 Å². The molecule has 0 aromatic heterocycles. The zero-order valence-corrected chi connectivity index (χ0v) is 13.5. The Balaban J connectivity index is 1.66. The molecule has 3 amide bonds. The van der Waals surface area contributed by atoms with Crippen LogP contribution < -0.4 is 5.32 Å². The molecule has 0 radical (unpaired) electrons. The first-order valence-corrected chi connectivity index (χ1v) is 8.08. The zero-order valence-electron chi connectivity index (χ0n) is 13.5. The summed E-state index contributed by atoms with van der Waals surface area (Å²) < 4.78 is 0. The zero-order chi connectivity index (χ0) is 17.2. The summed E-state index contributed by atoms with van der Waals surface area (Å²) in [5.74, 6) is -0.304. The van der Waals surface area contributed by atoms with Crippen LogP contribution in [0, 0.1) is 0 Å². The Morgan fingerprint density at radius 2 is 1.56 bits per heavy atom. The second kappa shape index (κ2) is 6.24. The lowest BCUT2D eigenvalue weighted by Crippen LogP contribution is -2.30. The van der Waals surface area contributed by atoms with Crippen LogP contribution in [0.4, 0.5) is 4.79 Å². The van der Waals surface area contributed by atoms with E-state index in [1.54, 1.807) is 6.08 Å². The van der Waals surface area contributed by atoms with Gasteiger partial charge in [0.05, 0.1) is 6.54 Å². The van der Waals surface area contributed by atoms with Gasteiger partial charge in [-0.1, -0.05) is 72.8 Å². The van der Waals surface area contributed by atoms with Crippen LogP contribution in [0.15, 0.2) is 78.5 Å². The minimum atomic E-state index is -0.389. The lowest BCUT2D eigenvalue weighted by atomic mass is 10.0. The Morgan fingerprint density at radius 1 is 0.840 bits per heavy atom. The summed E-state index contributed by atoms with van der Waals surface area (Å²) in [5.41, 5.74) is 2.12. The monoisotopic (exact) mass is 328 g/mol. The quantitative estimate of drug-likeness (QED) is 0.585. The molecule has 1 saturated heterocycles. The summed E-state index contributed by atoms with van der Waals surface area (Å²) >= 11 is 0. The van der Waals surface area contributed by atoms with Crippen LogP contribution in [0.3, 0.4) is 0 Å². The summed E-state index contributed by atoms with van der Waals surface area (Å²) in [4.78, 5) is 26.1. The molecule has 122 valence electrons. The first kappa shape index (κ1) is 15.1. The van der Waals surface area contributed by atoms with E-state index in [1.807, 2.05) is 72.8 Å². The molecule has 1 aliphatic rings. The molecular formula is C21H16N2O2. The van der Waals surface area contributed by atoms with E-state index in [9.17, 15) is 9.59 Å². The molecule has 4 rings (SSSR count).